The van der Waals surface area contributed by atoms with E-state index in [2.05, 4.69) is 19.6 Å². The summed E-state index contributed by atoms with van der Waals surface area (Å²) in [4.78, 5) is 23.6. The second-order valence-electron chi connectivity index (χ2n) is 13.8. The molecule has 0 saturated heterocycles. The predicted octanol–water partition coefficient (Wildman–Crippen LogP) is 9.57. The molecular formula is C42H44O9. The lowest BCUT2D eigenvalue weighted by Gasteiger charge is -2.35. The number of rotatable bonds is 15. The molecule has 9 nitrogen and oxygen atoms in total. The molecule has 6 aromatic rings. The highest BCUT2D eigenvalue weighted by molar-refractivity contribution is 6.01. The molecule has 2 unspecified atom stereocenters. The van der Waals surface area contributed by atoms with Gasteiger partial charge >= 0.3 is 11.3 Å². The van der Waals surface area contributed by atoms with Gasteiger partial charge in [0.2, 0.25) is 0 Å². The normalized spacial score (nSPS) is 14.2. The molecule has 266 valence electrons. The summed E-state index contributed by atoms with van der Waals surface area (Å²) in [5, 5.41) is 14.6. The number of furan rings is 2. The van der Waals surface area contributed by atoms with Crippen LogP contribution in [0.5, 0.6) is 5.75 Å². The average Bonchev–Trinajstić information content (AvgIpc) is 3.76. The van der Waals surface area contributed by atoms with Crippen LogP contribution in [0.15, 0.2) is 124 Å². The largest absolute Gasteiger partial charge is 0.488 e. The standard InChI is InChI=1S/C42H44O9/c1-25(2)33(13-8-26(3)7-10-28-29-11-15-39(44)49-36(29)23-34-30(28)18-21-46-34)51-42(5,6)38(43)14-9-27(4)17-20-48-41-31-12-16-40(45)50-37(31)24-35-32(41)19-22-47-35/h7,11-12,15-19,21-24,33,38,43H,1,8-10,13-14,20H2,2-6H3/b26-7+,27-17+. The first-order valence-electron chi connectivity index (χ1n) is 17.2. The van der Waals surface area contributed by atoms with Gasteiger partial charge in [-0.15, -0.1) is 0 Å². The minimum atomic E-state index is -0.808. The molecule has 0 fully saturated rings. The molecule has 0 bridgehead atoms. The van der Waals surface area contributed by atoms with Crippen molar-refractivity contribution in [1.82, 2.24) is 0 Å². The molecule has 4 aromatic heterocycles. The Bertz CT molecular complexity index is 2380. The SMILES string of the molecule is C=C(C)C(CC/C(C)=C/Cc1c2ccoc2cc2oc(=O)ccc12)OC(C)(C)C(O)CC/C(C)=C/COc1c2ccoc2cc2oc(=O)ccc12. The minimum absolute atomic E-state index is 0.236. The van der Waals surface area contributed by atoms with E-state index in [9.17, 15) is 14.7 Å². The van der Waals surface area contributed by atoms with Crippen LogP contribution in [0, 0.1) is 0 Å². The fourth-order valence-electron chi connectivity index (χ4n) is 6.39. The molecule has 0 spiro atoms. The van der Waals surface area contributed by atoms with E-state index in [1.54, 1.807) is 30.7 Å². The van der Waals surface area contributed by atoms with Gasteiger partial charge in [-0.2, -0.15) is 0 Å². The third-order valence-corrected chi connectivity index (χ3v) is 9.50. The zero-order valence-corrected chi connectivity index (χ0v) is 29.7. The van der Waals surface area contributed by atoms with E-state index in [4.69, 9.17) is 27.1 Å². The van der Waals surface area contributed by atoms with E-state index in [1.807, 2.05) is 52.0 Å². The zero-order chi connectivity index (χ0) is 36.3. The number of allylic oxidation sites excluding steroid dienone is 3. The smallest absolute Gasteiger partial charge is 0.336 e. The molecule has 0 amide bonds. The van der Waals surface area contributed by atoms with E-state index in [1.165, 1.54) is 17.7 Å². The van der Waals surface area contributed by atoms with Gasteiger partial charge in [-0.25, -0.2) is 9.59 Å². The highest BCUT2D eigenvalue weighted by Crippen LogP contribution is 2.35. The van der Waals surface area contributed by atoms with Crippen LogP contribution in [0.25, 0.3) is 43.9 Å². The van der Waals surface area contributed by atoms with Crippen molar-refractivity contribution in [3.05, 3.63) is 123 Å². The monoisotopic (exact) mass is 692 g/mol. The first kappa shape index (κ1) is 35.7. The van der Waals surface area contributed by atoms with E-state index in [0.29, 0.717) is 59.3 Å². The molecule has 2 atom stereocenters. The molecular weight excluding hydrogens is 648 g/mol. The fraction of sp³-hybridized carbons (Fsp3) is 0.333. The van der Waals surface area contributed by atoms with Crippen LogP contribution >= 0.6 is 0 Å². The lowest BCUT2D eigenvalue weighted by atomic mass is 9.94. The molecule has 4 heterocycles. The molecule has 0 aliphatic carbocycles. The minimum Gasteiger partial charge on any atom is -0.488 e. The second-order valence-corrected chi connectivity index (χ2v) is 13.8. The van der Waals surface area contributed by atoms with Gasteiger partial charge in [0.15, 0.2) is 0 Å². The third-order valence-electron chi connectivity index (χ3n) is 9.50. The molecule has 2 aromatic carbocycles. The Labute approximate surface area is 295 Å². The van der Waals surface area contributed by atoms with Crippen LogP contribution in [0.4, 0.5) is 0 Å². The first-order valence-corrected chi connectivity index (χ1v) is 17.2. The quantitative estimate of drug-likeness (QED) is 0.0827. The molecule has 6 rings (SSSR count). The van der Waals surface area contributed by atoms with Gasteiger partial charge in [0.1, 0.15) is 34.7 Å². The van der Waals surface area contributed by atoms with E-state index in [0.717, 1.165) is 45.7 Å². The lowest BCUT2D eigenvalue weighted by Crippen LogP contribution is -2.42. The van der Waals surface area contributed by atoms with Gasteiger partial charge in [0.05, 0.1) is 41.1 Å². The Morgan fingerprint density at radius 3 is 2.02 bits per heavy atom. The van der Waals surface area contributed by atoms with Crippen LogP contribution in [0.2, 0.25) is 0 Å². The van der Waals surface area contributed by atoms with Crippen LogP contribution in [-0.2, 0) is 11.2 Å². The Morgan fingerprint density at radius 2 is 1.33 bits per heavy atom. The summed E-state index contributed by atoms with van der Waals surface area (Å²) >= 11 is 0. The zero-order valence-electron chi connectivity index (χ0n) is 29.7. The predicted molar refractivity (Wildman–Crippen MR) is 199 cm³/mol. The van der Waals surface area contributed by atoms with Crippen LogP contribution in [0.3, 0.4) is 0 Å². The maximum atomic E-state index is 11.8. The van der Waals surface area contributed by atoms with E-state index in [-0.39, 0.29) is 6.10 Å². The van der Waals surface area contributed by atoms with Gasteiger partial charge in [-0.05, 0) is 103 Å². The molecule has 1 N–H and O–H groups in total. The Balaban J connectivity index is 1.03. The van der Waals surface area contributed by atoms with Crippen LogP contribution < -0.4 is 16.0 Å². The van der Waals surface area contributed by atoms with Crippen molar-refractivity contribution in [3.63, 3.8) is 0 Å². The number of ether oxygens (including phenoxy) is 2. The molecule has 0 saturated carbocycles. The molecule has 0 aliphatic heterocycles. The maximum Gasteiger partial charge on any atom is 0.336 e. The van der Waals surface area contributed by atoms with Crippen molar-refractivity contribution in [3.8, 4) is 5.75 Å². The Morgan fingerprint density at radius 1 is 0.784 bits per heavy atom. The van der Waals surface area contributed by atoms with Gasteiger partial charge in [0, 0.05) is 35.0 Å². The number of hydrogen-bond acceptors (Lipinski definition) is 9. The topological polar surface area (TPSA) is 125 Å². The summed E-state index contributed by atoms with van der Waals surface area (Å²) < 4.78 is 34.6. The average molecular weight is 693 g/mol. The highest BCUT2D eigenvalue weighted by Gasteiger charge is 2.32. The van der Waals surface area contributed by atoms with Crippen molar-refractivity contribution >= 4 is 43.9 Å². The summed E-state index contributed by atoms with van der Waals surface area (Å²) in [6.45, 7) is 14.4. The second kappa shape index (κ2) is 15.0. The van der Waals surface area contributed by atoms with Gasteiger partial charge in [-0.3, -0.25) is 0 Å². The summed E-state index contributed by atoms with van der Waals surface area (Å²) in [7, 11) is 0. The maximum absolute atomic E-state index is 11.8. The first-order chi connectivity index (χ1) is 24.4. The summed E-state index contributed by atoms with van der Waals surface area (Å²) in [5.41, 5.74) is 4.74. The molecule has 51 heavy (non-hydrogen) atoms. The van der Waals surface area contributed by atoms with Crippen LogP contribution in [0.1, 0.15) is 65.9 Å². The van der Waals surface area contributed by atoms with Crippen molar-refractivity contribution < 1.29 is 32.2 Å². The van der Waals surface area contributed by atoms with Crippen molar-refractivity contribution in [2.75, 3.05) is 6.61 Å². The number of benzene rings is 2. The van der Waals surface area contributed by atoms with Gasteiger partial charge in [-0.1, -0.05) is 29.4 Å². The lowest BCUT2D eigenvalue weighted by molar-refractivity contribution is -0.128. The van der Waals surface area contributed by atoms with Gasteiger partial charge < -0.3 is 32.2 Å². The third kappa shape index (κ3) is 8.11. The molecule has 0 radical (unpaired) electrons. The Hall–Kier alpha value is -5.12. The highest BCUT2D eigenvalue weighted by atomic mass is 16.5. The van der Waals surface area contributed by atoms with Gasteiger partial charge in [0.25, 0.3) is 0 Å². The summed E-state index contributed by atoms with van der Waals surface area (Å²) in [6, 6.07) is 13.5. The van der Waals surface area contributed by atoms with E-state index < -0.39 is 23.0 Å². The fourth-order valence-corrected chi connectivity index (χ4v) is 6.39. The Kier molecular flexibility index (Phi) is 10.5. The van der Waals surface area contributed by atoms with Crippen molar-refractivity contribution in [1.29, 1.82) is 0 Å². The summed E-state index contributed by atoms with van der Waals surface area (Å²) in [6.07, 6.45) is 9.78. The van der Waals surface area contributed by atoms with Crippen molar-refractivity contribution in [2.24, 2.45) is 0 Å². The number of aliphatic hydroxyl groups excluding tert-OH is 1. The number of hydrogen-bond donors (Lipinski definition) is 1. The molecule has 0 aliphatic rings. The van der Waals surface area contributed by atoms with Crippen molar-refractivity contribution in [2.45, 2.75) is 84.5 Å². The number of fused-ring (bicyclic) bond motifs is 4. The molecule has 9 heteroatoms. The number of aliphatic hydroxyl groups is 1. The summed E-state index contributed by atoms with van der Waals surface area (Å²) in [5.74, 6) is 0.591. The van der Waals surface area contributed by atoms with Crippen LogP contribution in [-0.4, -0.2) is 29.5 Å². The van der Waals surface area contributed by atoms with E-state index >= 15 is 0 Å².